The van der Waals surface area contributed by atoms with Crippen molar-refractivity contribution < 1.29 is 18.7 Å². The lowest BCUT2D eigenvalue weighted by atomic mass is 10.2. The number of hydrogen-bond donors (Lipinski definition) is 2. The molecule has 0 unspecified atom stereocenters. The molecule has 3 rings (SSSR count). The highest BCUT2D eigenvalue weighted by Gasteiger charge is 2.25. The van der Waals surface area contributed by atoms with E-state index in [4.69, 9.17) is 9.15 Å². The van der Waals surface area contributed by atoms with Crippen molar-refractivity contribution in [1.82, 2.24) is 20.4 Å². The Bertz CT molecular complexity index is 889. The number of guanidine groups is 1. The second-order valence-electron chi connectivity index (χ2n) is 6.98. The van der Waals surface area contributed by atoms with E-state index in [1.54, 1.807) is 48.4 Å². The first kappa shape index (κ1) is 22.2. The number of rotatable bonds is 7. The number of nitrogens with zero attached hydrogens (tertiary/aromatic N) is 3. The molecule has 9 heteroatoms. The van der Waals surface area contributed by atoms with Crippen LogP contribution in [0.5, 0.6) is 5.75 Å². The number of carbonyl (C=O) groups is 2. The molecule has 1 aliphatic heterocycles. The predicted molar refractivity (Wildman–Crippen MR) is 117 cm³/mol. The summed E-state index contributed by atoms with van der Waals surface area (Å²) < 4.78 is 10.4. The minimum Gasteiger partial charge on any atom is -0.497 e. The number of furan rings is 1. The lowest BCUT2D eigenvalue weighted by molar-refractivity contribution is 0.0657. The van der Waals surface area contributed by atoms with Gasteiger partial charge in [0.2, 0.25) is 0 Å². The molecule has 1 aliphatic rings. The number of hydrogen-bond acceptors (Lipinski definition) is 5. The third-order valence-corrected chi connectivity index (χ3v) is 4.92. The van der Waals surface area contributed by atoms with Crippen molar-refractivity contribution in [2.45, 2.75) is 6.92 Å². The average Bonchev–Trinajstić information content (AvgIpc) is 3.35. The topological polar surface area (TPSA) is 99.4 Å². The SMILES string of the molecule is CCNC(=NCCNC(=O)c1cccc(OC)c1)N1CCN(C(=O)c2ccco2)CC1. The standard InChI is InChI=1S/C22H29N5O4/c1-3-23-22(25-10-9-24-20(28)17-6-4-7-18(16-17)30-2)27-13-11-26(12-14-27)21(29)19-8-5-15-31-19/h4-8,15-16H,3,9-14H2,1-2H3,(H,23,25)(H,24,28). The number of benzene rings is 1. The quantitative estimate of drug-likeness (QED) is 0.394. The van der Waals surface area contributed by atoms with Gasteiger partial charge >= 0.3 is 0 Å². The van der Waals surface area contributed by atoms with Gasteiger partial charge in [0.05, 0.1) is 19.9 Å². The van der Waals surface area contributed by atoms with Gasteiger partial charge in [-0.15, -0.1) is 0 Å². The normalized spacial score (nSPS) is 14.3. The van der Waals surface area contributed by atoms with Crippen LogP contribution in [0.25, 0.3) is 0 Å². The van der Waals surface area contributed by atoms with Crippen LogP contribution in [0.15, 0.2) is 52.1 Å². The fourth-order valence-corrected chi connectivity index (χ4v) is 3.30. The third-order valence-electron chi connectivity index (χ3n) is 4.92. The van der Waals surface area contributed by atoms with E-state index < -0.39 is 0 Å². The fourth-order valence-electron chi connectivity index (χ4n) is 3.30. The summed E-state index contributed by atoms with van der Waals surface area (Å²) in [4.78, 5) is 33.2. The number of ether oxygens (including phenoxy) is 1. The summed E-state index contributed by atoms with van der Waals surface area (Å²) in [5, 5.41) is 6.16. The van der Waals surface area contributed by atoms with Gasteiger partial charge < -0.3 is 29.6 Å². The molecular weight excluding hydrogens is 398 g/mol. The van der Waals surface area contributed by atoms with Crippen molar-refractivity contribution in [2.75, 3.05) is 52.9 Å². The van der Waals surface area contributed by atoms with E-state index in [9.17, 15) is 9.59 Å². The minimum absolute atomic E-state index is 0.0909. The van der Waals surface area contributed by atoms with E-state index in [0.29, 0.717) is 56.3 Å². The highest BCUT2D eigenvalue weighted by Crippen LogP contribution is 2.12. The molecule has 1 aromatic heterocycles. The number of carbonyl (C=O) groups excluding carboxylic acids is 2. The molecule has 9 nitrogen and oxygen atoms in total. The zero-order valence-electron chi connectivity index (χ0n) is 18.0. The van der Waals surface area contributed by atoms with E-state index in [0.717, 1.165) is 12.5 Å². The third kappa shape index (κ3) is 6.00. The van der Waals surface area contributed by atoms with E-state index >= 15 is 0 Å². The van der Waals surface area contributed by atoms with Crippen molar-refractivity contribution in [3.8, 4) is 5.75 Å². The lowest BCUT2D eigenvalue weighted by Gasteiger charge is -2.36. The van der Waals surface area contributed by atoms with Crippen LogP contribution < -0.4 is 15.4 Å². The molecule has 31 heavy (non-hydrogen) atoms. The molecule has 2 aromatic rings. The Morgan fingerprint density at radius 1 is 1.10 bits per heavy atom. The molecule has 1 aromatic carbocycles. The number of nitrogens with one attached hydrogen (secondary N) is 2. The Balaban J connectivity index is 1.48. The van der Waals surface area contributed by atoms with Gasteiger partial charge in [0.25, 0.3) is 11.8 Å². The van der Waals surface area contributed by atoms with Crippen LogP contribution in [-0.4, -0.2) is 80.5 Å². The summed E-state index contributed by atoms with van der Waals surface area (Å²) in [5.41, 5.74) is 0.549. The van der Waals surface area contributed by atoms with Crippen LogP contribution in [-0.2, 0) is 0 Å². The second-order valence-corrected chi connectivity index (χ2v) is 6.98. The summed E-state index contributed by atoms with van der Waals surface area (Å²) in [7, 11) is 1.57. The highest BCUT2D eigenvalue weighted by atomic mass is 16.5. The number of aliphatic imine (C=N–C) groups is 1. The minimum atomic E-state index is -0.163. The molecule has 0 saturated carbocycles. The Hall–Kier alpha value is -3.49. The van der Waals surface area contributed by atoms with E-state index in [1.807, 2.05) is 6.92 Å². The van der Waals surface area contributed by atoms with Gasteiger partial charge in [-0.25, -0.2) is 0 Å². The van der Waals surface area contributed by atoms with Crippen LogP contribution in [0.2, 0.25) is 0 Å². The van der Waals surface area contributed by atoms with Crippen molar-refractivity contribution >= 4 is 17.8 Å². The van der Waals surface area contributed by atoms with Crippen LogP contribution in [0.4, 0.5) is 0 Å². The molecule has 2 heterocycles. The average molecular weight is 428 g/mol. The van der Waals surface area contributed by atoms with Gasteiger partial charge in [-0.05, 0) is 37.3 Å². The molecule has 0 atom stereocenters. The van der Waals surface area contributed by atoms with Gasteiger partial charge in [-0.3, -0.25) is 14.6 Å². The molecular formula is C22H29N5O4. The Morgan fingerprint density at radius 2 is 1.87 bits per heavy atom. The largest absolute Gasteiger partial charge is 0.497 e. The molecule has 1 saturated heterocycles. The monoisotopic (exact) mass is 427 g/mol. The van der Waals surface area contributed by atoms with Crippen molar-refractivity contribution in [1.29, 1.82) is 0 Å². The molecule has 2 N–H and O–H groups in total. The molecule has 2 amide bonds. The van der Waals surface area contributed by atoms with Gasteiger partial charge in [-0.2, -0.15) is 0 Å². The lowest BCUT2D eigenvalue weighted by Crippen LogP contribution is -2.53. The van der Waals surface area contributed by atoms with E-state index in [2.05, 4.69) is 20.5 Å². The Labute approximate surface area is 182 Å². The van der Waals surface area contributed by atoms with Gasteiger partial charge in [0.1, 0.15) is 5.75 Å². The maximum absolute atomic E-state index is 12.4. The first-order valence-electron chi connectivity index (χ1n) is 10.4. The van der Waals surface area contributed by atoms with Crippen molar-refractivity contribution in [2.24, 2.45) is 4.99 Å². The van der Waals surface area contributed by atoms with Crippen molar-refractivity contribution in [3.63, 3.8) is 0 Å². The van der Waals surface area contributed by atoms with Gasteiger partial charge in [0.15, 0.2) is 11.7 Å². The summed E-state index contributed by atoms with van der Waals surface area (Å²) in [6, 6.07) is 10.4. The van der Waals surface area contributed by atoms with Crippen molar-refractivity contribution in [3.05, 3.63) is 54.0 Å². The number of amides is 2. The zero-order chi connectivity index (χ0) is 22.1. The fraction of sp³-hybridized carbons (Fsp3) is 0.409. The molecule has 0 radical (unpaired) electrons. The zero-order valence-corrected chi connectivity index (χ0v) is 18.0. The predicted octanol–water partition coefficient (Wildman–Crippen LogP) is 1.44. The molecule has 1 fully saturated rings. The summed E-state index contributed by atoms with van der Waals surface area (Å²) in [6.45, 7) is 6.15. The summed E-state index contributed by atoms with van der Waals surface area (Å²) in [5.74, 6) is 1.53. The maximum atomic E-state index is 12.4. The highest BCUT2D eigenvalue weighted by molar-refractivity contribution is 5.94. The first-order chi connectivity index (χ1) is 15.1. The molecule has 0 spiro atoms. The molecule has 0 bridgehead atoms. The maximum Gasteiger partial charge on any atom is 0.289 e. The van der Waals surface area contributed by atoms with Crippen LogP contribution in [0.1, 0.15) is 27.8 Å². The number of methoxy groups -OCH3 is 1. The summed E-state index contributed by atoms with van der Waals surface area (Å²) in [6.07, 6.45) is 1.51. The van der Waals surface area contributed by atoms with Crippen LogP contribution in [0.3, 0.4) is 0 Å². The molecule has 0 aliphatic carbocycles. The molecule has 166 valence electrons. The van der Waals surface area contributed by atoms with Gasteiger partial charge in [0, 0.05) is 44.8 Å². The Morgan fingerprint density at radius 3 is 2.55 bits per heavy atom. The summed E-state index contributed by atoms with van der Waals surface area (Å²) >= 11 is 0. The van der Waals surface area contributed by atoms with E-state index in [-0.39, 0.29) is 11.8 Å². The van der Waals surface area contributed by atoms with Gasteiger partial charge in [-0.1, -0.05) is 6.07 Å². The second kappa shape index (κ2) is 11.1. The van der Waals surface area contributed by atoms with Crippen LogP contribution >= 0.6 is 0 Å². The smallest absolute Gasteiger partial charge is 0.289 e. The first-order valence-corrected chi connectivity index (χ1v) is 10.4. The van der Waals surface area contributed by atoms with Crippen LogP contribution in [0, 0.1) is 0 Å². The number of piperazine rings is 1. The Kier molecular flexibility index (Phi) is 7.91. The van der Waals surface area contributed by atoms with E-state index in [1.165, 1.54) is 6.26 Å².